The Bertz CT molecular complexity index is 827. The summed E-state index contributed by atoms with van der Waals surface area (Å²) in [5.74, 6) is -2.71. The SMILES string of the molecule is CC1=C[C@@H](O)[C@@H]2C(=O)[C@@]3(CC[C@]2(O)C1)C(=O)c1c(O)cccc1[C@H]3O. The fourth-order valence-corrected chi connectivity index (χ4v) is 4.96. The van der Waals surface area contributed by atoms with E-state index in [0.29, 0.717) is 0 Å². The molecule has 132 valence electrons. The van der Waals surface area contributed by atoms with Crippen molar-refractivity contribution in [3.63, 3.8) is 0 Å². The summed E-state index contributed by atoms with van der Waals surface area (Å²) in [5.41, 5.74) is -2.20. The van der Waals surface area contributed by atoms with E-state index in [2.05, 4.69) is 0 Å². The van der Waals surface area contributed by atoms with Crippen LogP contribution < -0.4 is 0 Å². The highest BCUT2D eigenvalue weighted by Crippen LogP contribution is 2.58. The maximum absolute atomic E-state index is 13.3. The molecule has 0 radical (unpaired) electrons. The van der Waals surface area contributed by atoms with Crippen molar-refractivity contribution >= 4 is 11.6 Å². The highest BCUT2D eigenvalue weighted by atomic mass is 16.3. The van der Waals surface area contributed by atoms with Crippen molar-refractivity contribution in [2.24, 2.45) is 11.3 Å². The van der Waals surface area contributed by atoms with Gasteiger partial charge in [-0.15, -0.1) is 0 Å². The van der Waals surface area contributed by atoms with Gasteiger partial charge in [-0.2, -0.15) is 0 Å². The Morgan fingerprint density at radius 1 is 1.16 bits per heavy atom. The zero-order chi connectivity index (χ0) is 18.1. The molecule has 0 aromatic heterocycles. The van der Waals surface area contributed by atoms with Gasteiger partial charge in [0.25, 0.3) is 0 Å². The average molecular weight is 344 g/mol. The lowest BCUT2D eigenvalue weighted by atomic mass is 9.55. The molecule has 0 aliphatic heterocycles. The Morgan fingerprint density at radius 2 is 1.88 bits per heavy atom. The van der Waals surface area contributed by atoms with E-state index in [4.69, 9.17) is 0 Å². The summed E-state index contributed by atoms with van der Waals surface area (Å²) in [6.07, 6.45) is -0.735. The molecule has 6 heteroatoms. The van der Waals surface area contributed by atoms with E-state index < -0.39 is 40.7 Å². The molecule has 4 rings (SSSR count). The molecule has 0 unspecified atom stereocenters. The molecule has 1 spiro atoms. The van der Waals surface area contributed by atoms with Gasteiger partial charge >= 0.3 is 0 Å². The van der Waals surface area contributed by atoms with Crippen LogP contribution in [0.3, 0.4) is 0 Å². The summed E-state index contributed by atoms with van der Waals surface area (Å²) in [6, 6.07) is 4.37. The Balaban J connectivity index is 1.85. The van der Waals surface area contributed by atoms with Crippen LogP contribution in [0.25, 0.3) is 0 Å². The molecular formula is C19H20O6. The van der Waals surface area contributed by atoms with E-state index in [-0.39, 0.29) is 36.1 Å². The predicted molar refractivity (Wildman–Crippen MR) is 86.9 cm³/mol. The molecule has 1 saturated carbocycles. The maximum Gasteiger partial charge on any atom is 0.183 e. The number of phenolic OH excluding ortho intramolecular Hbond substituents is 1. The van der Waals surface area contributed by atoms with Crippen molar-refractivity contribution in [3.8, 4) is 5.75 Å². The van der Waals surface area contributed by atoms with Crippen molar-refractivity contribution in [1.29, 1.82) is 0 Å². The summed E-state index contributed by atoms with van der Waals surface area (Å²) in [4.78, 5) is 26.3. The quantitative estimate of drug-likeness (QED) is 0.413. The number of aliphatic hydroxyl groups excluding tert-OH is 2. The molecule has 0 bridgehead atoms. The molecule has 4 N–H and O–H groups in total. The highest BCUT2D eigenvalue weighted by Gasteiger charge is 2.66. The first-order valence-corrected chi connectivity index (χ1v) is 8.39. The lowest BCUT2D eigenvalue weighted by Crippen LogP contribution is -2.61. The number of carbonyl (C=O) groups is 2. The number of fused-ring (bicyclic) bond motifs is 2. The number of aliphatic hydroxyl groups is 3. The van der Waals surface area contributed by atoms with Crippen molar-refractivity contribution in [1.82, 2.24) is 0 Å². The van der Waals surface area contributed by atoms with Gasteiger partial charge in [0.05, 0.1) is 29.3 Å². The van der Waals surface area contributed by atoms with Gasteiger partial charge in [0.2, 0.25) is 0 Å². The number of carbonyl (C=O) groups excluding carboxylic acids is 2. The van der Waals surface area contributed by atoms with Crippen LogP contribution in [-0.4, -0.2) is 43.7 Å². The third-order valence-electron chi connectivity index (χ3n) is 6.10. The van der Waals surface area contributed by atoms with E-state index in [1.807, 2.05) is 0 Å². The summed E-state index contributed by atoms with van der Waals surface area (Å²) in [7, 11) is 0. The number of hydrogen-bond acceptors (Lipinski definition) is 6. The number of phenols is 1. The van der Waals surface area contributed by atoms with Crippen LogP contribution in [0.1, 0.15) is 48.2 Å². The minimum Gasteiger partial charge on any atom is -0.507 e. The number of ketones is 2. The molecule has 3 aliphatic rings. The zero-order valence-corrected chi connectivity index (χ0v) is 13.8. The Labute approximate surface area is 144 Å². The largest absolute Gasteiger partial charge is 0.507 e. The minimum atomic E-state index is -1.75. The molecule has 6 nitrogen and oxygen atoms in total. The fourth-order valence-electron chi connectivity index (χ4n) is 4.96. The number of aromatic hydroxyl groups is 1. The minimum absolute atomic E-state index is 0.0209. The summed E-state index contributed by atoms with van der Waals surface area (Å²) < 4.78 is 0. The van der Waals surface area contributed by atoms with E-state index in [9.17, 15) is 30.0 Å². The monoisotopic (exact) mass is 344 g/mol. The molecule has 5 atom stereocenters. The van der Waals surface area contributed by atoms with E-state index >= 15 is 0 Å². The fraction of sp³-hybridized carbons (Fsp3) is 0.474. The lowest BCUT2D eigenvalue weighted by Gasteiger charge is -2.49. The predicted octanol–water partition coefficient (Wildman–Crippen LogP) is 1.03. The smallest absolute Gasteiger partial charge is 0.183 e. The zero-order valence-electron chi connectivity index (χ0n) is 13.8. The van der Waals surface area contributed by atoms with Crippen molar-refractivity contribution in [2.45, 2.75) is 44.0 Å². The van der Waals surface area contributed by atoms with Gasteiger partial charge in [0.15, 0.2) is 11.6 Å². The van der Waals surface area contributed by atoms with Crippen LogP contribution >= 0.6 is 0 Å². The number of Topliss-reactive ketones (excluding diaryl/α,β-unsaturated/α-hetero) is 2. The van der Waals surface area contributed by atoms with Gasteiger partial charge in [-0.3, -0.25) is 9.59 Å². The van der Waals surface area contributed by atoms with Gasteiger partial charge in [0, 0.05) is 0 Å². The van der Waals surface area contributed by atoms with Crippen LogP contribution in [0.4, 0.5) is 0 Å². The van der Waals surface area contributed by atoms with Crippen LogP contribution in [0.15, 0.2) is 29.8 Å². The van der Waals surface area contributed by atoms with Gasteiger partial charge in [0.1, 0.15) is 11.2 Å². The molecule has 1 aromatic carbocycles. The van der Waals surface area contributed by atoms with Crippen LogP contribution in [-0.2, 0) is 4.79 Å². The Hall–Kier alpha value is -2.02. The second-order valence-corrected chi connectivity index (χ2v) is 7.57. The summed E-state index contributed by atoms with van der Waals surface area (Å²) >= 11 is 0. The van der Waals surface area contributed by atoms with Crippen LogP contribution in [0.5, 0.6) is 5.75 Å². The summed E-state index contributed by atoms with van der Waals surface area (Å²) in [6.45, 7) is 1.77. The first-order chi connectivity index (χ1) is 11.7. The average Bonchev–Trinajstić information content (AvgIpc) is 2.74. The molecule has 3 aliphatic carbocycles. The van der Waals surface area contributed by atoms with Gasteiger partial charge in [-0.25, -0.2) is 0 Å². The number of benzene rings is 1. The van der Waals surface area contributed by atoms with E-state index in [0.717, 1.165) is 5.57 Å². The molecule has 1 fully saturated rings. The molecule has 0 heterocycles. The Kier molecular flexibility index (Phi) is 3.29. The molecule has 0 amide bonds. The number of rotatable bonds is 0. The topological polar surface area (TPSA) is 115 Å². The van der Waals surface area contributed by atoms with E-state index in [1.54, 1.807) is 6.92 Å². The first-order valence-electron chi connectivity index (χ1n) is 8.39. The van der Waals surface area contributed by atoms with Gasteiger partial charge in [-0.05, 0) is 37.8 Å². The highest BCUT2D eigenvalue weighted by molar-refractivity contribution is 6.20. The third kappa shape index (κ3) is 1.90. The molecule has 25 heavy (non-hydrogen) atoms. The molecule has 0 saturated heterocycles. The maximum atomic E-state index is 13.3. The van der Waals surface area contributed by atoms with Crippen molar-refractivity contribution < 1.29 is 30.0 Å². The molecule has 1 aromatic rings. The standard InChI is InChI=1S/C19H20O6/c1-9-7-12(21)14-17(24)19(6-5-18(14,25)8-9)15(22)10-3-2-4-11(20)13(10)16(19)23/h2-4,7,12,14-15,20-22,25H,5-6,8H2,1H3/t12-,14-,15-,18+,19-/m1/s1. The van der Waals surface area contributed by atoms with Crippen molar-refractivity contribution in [2.75, 3.05) is 0 Å². The normalized spacial score (nSPS) is 40.0. The second kappa shape index (κ2) is 5.00. The van der Waals surface area contributed by atoms with Crippen molar-refractivity contribution in [3.05, 3.63) is 41.0 Å². The van der Waals surface area contributed by atoms with Gasteiger partial charge < -0.3 is 20.4 Å². The van der Waals surface area contributed by atoms with E-state index in [1.165, 1.54) is 24.3 Å². The lowest BCUT2D eigenvalue weighted by molar-refractivity contribution is -0.166. The third-order valence-corrected chi connectivity index (χ3v) is 6.10. The van der Waals surface area contributed by atoms with Crippen LogP contribution in [0, 0.1) is 11.3 Å². The Morgan fingerprint density at radius 3 is 2.56 bits per heavy atom. The second-order valence-electron chi connectivity index (χ2n) is 7.57. The number of hydrogen-bond donors (Lipinski definition) is 4. The molecular weight excluding hydrogens is 324 g/mol. The van der Waals surface area contributed by atoms with Crippen LogP contribution in [0.2, 0.25) is 0 Å². The van der Waals surface area contributed by atoms with Gasteiger partial charge in [-0.1, -0.05) is 23.8 Å². The first kappa shape index (κ1) is 16.4. The summed E-state index contributed by atoms with van der Waals surface area (Å²) in [5, 5.41) is 42.2.